The van der Waals surface area contributed by atoms with Gasteiger partial charge in [-0.1, -0.05) is 136 Å². The smallest absolute Gasteiger partial charge is 0.0701 e. The van der Waals surface area contributed by atoms with Crippen LogP contribution in [-0.2, 0) is 47.4 Å². The van der Waals surface area contributed by atoms with Gasteiger partial charge in [0.05, 0.1) is 119 Å². The Morgan fingerprint density at radius 2 is 0.283 bits per heavy atom. The lowest BCUT2D eigenvalue weighted by Crippen LogP contribution is -2.15. The molecule has 0 aliphatic heterocycles. The van der Waals surface area contributed by atoms with E-state index in [-0.39, 0.29) is 0 Å². The average molecular weight is 765 g/mol. The molecule has 0 radical (unpaired) electrons. The van der Waals surface area contributed by atoms with Crippen molar-refractivity contribution in [2.45, 2.75) is 149 Å². The molecular weight excluding hydrogens is 676 g/mol. The Balaban J connectivity index is 3.05. The zero-order valence-electron chi connectivity index (χ0n) is 35.1. The van der Waals surface area contributed by atoms with Crippen LogP contribution in [0, 0.1) is 0 Å². The molecular formula is C43H88O10. The minimum atomic E-state index is 0.535. The maximum Gasteiger partial charge on any atom is 0.0701 e. The van der Waals surface area contributed by atoms with E-state index in [4.69, 9.17) is 47.4 Å². The Hall–Kier alpha value is -0.400. The first kappa shape index (κ1) is 52.6. The van der Waals surface area contributed by atoms with Crippen molar-refractivity contribution in [1.29, 1.82) is 0 Å². The lowest BCUT2D eigenvalue weighted by molar-refractivity contribution is -0.0264. The molecule has 0 spiro atoms. The molecule has 0 rings (SSSR count). The highest BCUT2D eigenvalue weighted by atomic mass is 16.6. The molecule has 0 aliphatic rings. The quantitative estimate of drug-likeness (QED) is 0.0558. The van der Waals surface area contributed by atoms with Crippen molar-refractivity contribution < 1.29 is 47.4 Å². The summed E-state index contributed by atoms with van der Waals surface area (Å²) in [5, 5.41) is 0. The van der Waals surface area contributed by atoms with Crippen LogP contribution < -0.4 is 0 Å². The van der Waals surface area contributed by atoms with E-state index >= 15 is 0 Å². The third kappa shape index (κ3) is 51.6. The van der Waals surface area contributed by atoms with Crippen LogP contribution in [-0.4, -0.2) is 132 Å². The topological polar surface area (TPSA) is 92.3 Å². The lowest BCUT2D eigenvalue weighted by atomic mass is 10.1. The van der Waals surface area contributed by atoms with Crippen LogP contribution in [0.4, 0.5) is 0 Å². The highest BCUT2D eigenvalue weighted by Crippen LogP contribution is 2.12. The van der Waals surface area contributed by atoms with Crippen molar-refractivity contribution in [3.63, 3.8) is 0 Å². The predicted molar refractivity (Wildman–Crippen MR) is 216 cm³/mol. The van der Waals surface area contributed by atoms with Gasteiger partial charge in [0.2, 0.25) is 0 Å². The van der Waals surface area contributed by atoms with Crippen molar-refractivity contribution in [1.82, 2.24) is 0 Å². The van der Waals surface area contributed by atoms with Crippen LogP contribution >= 0.6 is 0 Å². The van der Waals surface area contributed by atoms with Crippen molar-refractivity contribution in [2.75, 3.05) is 132 Å². The summed E-state index contributed by atoms with van der Waals surface area (Å²) in [7, 11) is 0. The highest BCUT2D eigenvalue weighted by molar-refractivity contribution is 4.49. The molecule has 0 fully saturated rings. The number of hydrogen-bond acceptors (Lipinski definition) is 10. The maximum absolute atomic E-state index is 5.67. The molecule has 0 atom stereocenters. The van der Waals surface area contributed by atoms with Crippen LogP contribution in [0.3, 0.4) is 0 Å². The second kappa shape index (κ2) is 51.6. The summed E-state index contributed by atoms with van der Waals surface area (Å²) in [6, 6.07) is 0. The van der Waals surface area contributed by atoms with E-state index in [2.05, 4.69) is 13.8 Å². The lowest BCUT2D eigenvalue weighted by Gasteiger charge is -2.09. The number of rotatable bonds is 50. The minimum Gasteiger partial charge on any atom is -0.379 e. The van der Waals surface area contributed by atoms with Crippen molar-refractivity contribution >= 4 is 0 Å². The summed E-state index contributed by atoms with van der Waals surface area (Å²) in [5.41, 5.74) is 0. The van der Waals surface area contributed by atoms with Gasteiger partial charge in [-0.3, -0.25) is 0 Å². The van der Waals surface area contributed by atoms with Crippen LogP contribution in [0.25, 0.3) is 0 Å². The molecule has 0 aromatic carbocycles. The first-order valence-corrected chi connectivity index (χ1v) is 22.2. The monoisotopic (exact) mass is 765 g/mol. The molecule has 0 heterocycles. The molecule has 53 heavy (non-hydrogen) atoms. The molecule has 0 aromatic heterocycles. The van der Waals surface area contributed by atoms with Gasteiger partial charge in [0, 0.05) is 13.2 Å². The van der Waals surface area contributed by atoms with Gasteiger partial charge >= 0.3 is 0 Å². The second-order valence-corrected chi connectivity index (χ2v) is 13.8. The first-order valence-electron chi connectivity index (χ1n) is 22.2. The fourth-order valence-electron chi connectivity index (χ4n) is 5.64. The molecule has 0 saturated heterocycles. The fraction of sp³-hybridized carbons (Fsp3) is 1.00. The third-order valence-electron chi connectivity index (χ3n) is 8.88. The summed E-state index contributed by atoms with van der Waals surface area (Å²) in [6.45, 7) is 16.5. The molecule has 0 aliphatic carbocycles. The Kier molecular flexibility index (Phi) is 51.2. The van der Waals surface area contributed by atoms with E-state index in [0.29, 0.717) is 119 Å². The minimum absolute atomic E-state index is 0.535. The number of hydrogen-bond donors (Lipinski definition) is 0. The predicted octanol–water partition coefficient (Wildman–Crippen LogP) is 9.38. The van der Waals surface area contributed by atoms with Crippen LogP contribution in [0.1, 0.15) is 149 Å². The SMILES string of the molecule is CCCCCCCCCCCCCOCCOCCOCCOCCOCCOCCOCCOCCOCCOCCCCCCCCCCCC. The summed E-state index contributed by atoms with van der Waals surface area (Å²) in [4.78, 5) is 0. The van der Waals surface area contributed by atoms with Crippen molar-refractivity contribution in [3.05, 3.63) is 0 Å². The fourth-order valence-corrected chi connectivity index (χ4v) is 5.64. The molecule has 0 aromatic rings. The van der Waals surface area contributed by atoms with Gasteiger partial charge in [0.1, 0.15) is 0 Å². The van der Waals surface area contributed by atoms with Gasteiger partial charge in [0.25, 0.3) is 0 Å². The van der Waals surface area contributed by atoms with E-state index in [0.717, 1.165) is 26.1 Å². The van der Waals surface area contributed by atoms with Gasteiger partial charge < -0.3 is 47.4 Å². The Labute approximate surface area is 327 Å². The van der Waals surface area contributed by atoms with E-state index in [1.807, 2.05) is 0 Å². The van der Waals surface area contributed by atoms with Crippen LogP contribution in [0.15, 0.2) is 0 Å². The molecule has 10 heteroatoms. The van der Waals surface area contributed by atoms with Crippen molar-refractivity contribution in [2.24, 2.45) is 0 Å². The van der Waals surface area contributed by atoms with Gasteiger partial charge in [-0.05, 0) is 12.8 Å². The molecule has 0 unspecified atom stereocenters. The zero-order chi connectivity index (χ0) is 38.1. The molecule has 0 N–H and O–H groups in total. The number of ether oxygens (including phenoxy) is 10. The van der Waals surface area contributed by atoms with Gasteiger partial charge in [-0.25, -0.2) is 0 Å². The first-order chi connectivity index (χ1) is 26.4. The Morgan fingerprint density at radius 3 is 0.453 bits per heavy atom. The Bertz CT molecular complexity index is 566. The summed E-state index contributed by atoms with van der Waals surface area (Å²) < 4.78 is 55.7. The molecule has 320 valence electrons. The van der Waals surface area contributed by atoms with E-state index in [1.54, 1.807) is 0 Å². The zero-order valence-corrected chi connectivity index (χ0v) is 35.1. The van der Waals surface area contributed by atoms with Crippen molar-refractivity contribution in [3.8, 4) is 0 Å². The van der Waals surface area contributed by atoms with Crippen LogP contribution in [0.5, 0.6) is 0 Å². The van der Waals surface area contributed by atoms with E-state index in [1.165, 1.54) is 122 Å². The number of unbranched alkanes of at least 4 members (excludes halogenated alkanes) is 19. The molecule has 0 saturated carbocycles. The molecule has 10 nitrogen and oxygen atoms in total. The normalized spacial score (nSPS) is 11.7. The maximum atomic E-state index is 5.67. The molecule has 0 amide bonds. The van der Waals surface area contributed by atoms with E-state index in [9.17, 15) is 0 Å². The standard InChI is InChI=1S/C43H88O10/c1-3-5-7-9-11-13-15-17-19-21-23-25-45-27-29-47-31-33-49-35-37-51-39-41-53-43-42-52-40-38-50-36-34-48-32-30-46-28-26-44-24-22-20-18-16-14-12-10-8-6-4-2/h3-43H2,1-2H3. The summed E-state index contributed by atoms with van der Waals surface area (Å²) in [5.74, 6) is 0. The van der Waals surface area contributed by atoms with E-state index < -0.39 is 0 Å². The molecule has 0 bridgehead atoms. The summed E-state index contributed by atoms with van der Waals surface area (Å²) in [6.07, 6.45) is 28.4. The second-order valence-electron chi connectivity index (χ2n) is 13.8. The Morgan fingerprint density at radius 1 is 0.151 bits per heavy atom. The largest absolute Gasteiger partial charge is 0.379 e. The average Bonchev–Trinajstić information content (AvgIpc) is 3.17. The highest BCUT2D eigenvalue weighted by Gasteiger charge is 1.98. The van der Waals surface area contributed by atoms with Crippen LogP contribution in [0.2, 0.25) is 0 Å². The third-order valence-corrected chi connectivity index (χ3v) is 8.88. The summed E-state index contributed by atoms with van der Waals surface area (Å²) >= 11 is 0. The van der Waals surface area contributed by atoms with Gasteiger partial charge in [-0.2, -0.15) is 0 Å². The van der Waals surface area contributed by atoms with Gasteiger partial charge in [0.15, 0.2) is 0 Å². The van der Waals surface area contributed by atoms with Gasteiger partial charge in [-0.15, -0.1) is 0 Å².